The number of nitrogens with two attached hydrogens (primary N) is 1. The zero-order valence-electron chi connectivity index (χ0n) is 11.3. The predicted molar refractivity (Wildman–Crippen MR) is 70.4 cm³/mol. The molecule has 0 saturated carbocycles. The van der Waals surface area contributed by atoms with Gasteiger partial charge in [0, 0.05) is 13.1 Å². The summed E-state index contributed by atoms with van der Waals surface area (Å²) in [7, 11) is 3.99. The maximum Gasteiger partial charge on any atom is 0.323 e. The van der Waals surface area contributed by atoms with Crippen LogP contribution in [-0.2, 0) is 0 Å². The summed E-state index contributed by atoms with van der Waals surface area (Å²) in [4.78, 5) is 14.3. The summed E-state index contributed by atoms with van der Waals surface area (Å²) in [5.41, 5.74) is 2.39. The van der Waals surface area contributed by atoms with Gasteiger partial charge in [0.1, 0.15) is 0 Å². The first-order chi connectivity index (χ1) is 8.51. The van der Waals surface area contributed by atoms with E-state index in [2.05, 4.69) is 30.6 Å². The molecule has 8 nitrogen and oxygen atoms in total. The Balaban J connectivity index is 2.70. The fourth-order valence-corrected chi connectivity index (χ4v) is 1.15. The number of anilines is 2. The average Bonchev–Trinajstić information content (AvgIpc) is 2.27. The first kappa shape index (κ1) is 14.4. The predicted octanol–water partition coefficient (Wildman–Crippen LogP) is -0.0821. The molecule has 0 radical (unpaired) electrons. The number of hydrogen-bond donors (Lipinski definition) is 3. The van der Waals surface area contributed by atoms with Gasteiger partial charge in [0.05, 0.1) is 6.10 Å². The quantitative estimate of drug-likeness (QED) is 0.459. The molecule has 1 rings (SSSR count). The Morgan fingerprint density at radius 3 is 2.44 bits per heavy atom. The van der Waals surface area contributed by atoms with Gasteiger partial charge in [0.25, 0.3) is 0 Å². The Morgan fingerprint density at radius 1 is 1.22 bits per heavy atom. The van der Waals surface area contributed by atoms with E-state index in [0.717, 1.165) is 13.1 Å². The van der Waals surface area contributed by atoms with Crippen LogP contribution in [0.3, 0.4) is 0 Å². The summed E-state index contributed by atoms with van der Waals surface area (Å²) in [6.45, 7) is 5.40. The standard InChI is InChI=1S/C10H21N7O/c1-7(2)18-10-14-8(12-5-6-17(3)4)13-9(15-10)16-11/h7H,5-6,11H2,1-4H3,(H2,12,13,14,15,16). The molecule has 0 unspecified atom stereocenters. The molecule has 0 fully saturated rings. The fourth-order valence-electron chi connectivity index (χ4n) is 1.15. The van der Waals surface area contributed by atoms with Gasteiger partial charge >= 0.3 is 6.01 Å². The SMILES string of the molecule is CC(C)Oc1nc(NN)nc(NCCN(C)C)n1. The number of nitrogen functional groups attached to an aromatic ring is 1. The maximum atomic E-state index is 5.42. The first-order valence-corrected chi connectivity index (χ1v) is 5.79. The molecule has 0 aliphatic rings. The lowest BCUT2D eigenvalue weighted by Crippen LogP contribution is -2.22. The van der Waals surface area contributed by atoms with Crippen LogP contribution in [0.15, 0.2) is 0 Å². The average molecular weight is 255 g/mol. The van der Waals surface area contributed by atoms with Gasteiger partial charge < -0.3 is 15.0 Å². The highest BCUT2D eigenvalue weighted by molar-refractivity contribution is 5.34. The third-order valence-electron chi connectivity index (χ3n) is 1.93. The van der Waals surface area contributed by atoms with Gasteiger partial charge in [-0.3, -0.25) is 5.43 Å². The highest BCUT2D eigenvalue weighted by Crippen LogP contribution is 2.11. The minimum Gasteiger partial charge on any atom is -0.461 e. The molecule has 18 heavy (non-hydrogen) atoms. The van der Waals surface area contributed by atoms with Crippen molar-refractivity contribution in [3.05, 3.63) is 0 Å². The second kappa shape index (κ2) is 6.92. The van der Waals surface area contributed by atoms with Crippen LogP contribution in [0.4, 0.5) is 11.9 Å². The molecule has 0 saturated heterocycles. The normalized spacial score (nSPS) is 10.8. The molecule has 0 aromatic carbocycles. The molecule has 0 bridgehead atoms. The van der Waals surface area contributed by atoms with Crippen molar-refractivity contribution in [2.75, 3.05) is 37.9 Å². The number of hydrazine groups is 1. The minimum atomic E-state index is -0.00681. The van der Waals surface area contributed by atoms with E-state index in [-0.39, 0.29) is 18.1 Å². The molecule has 0 spiro atoms. The van der Waals surface area contributed by atoms with Crippen molar-refractivity contribution in [3.8, 4) is 6.01 Å². The Morgan fingerprint density at radius 2 is 1.89 bits per heavy atom. The van der Waals surface area contributed by atoms with Gasteiger partial charge in [0.15, 0.2) is 0 Å². The van der Waals surface area contributed by atoms with Crippen LogP contribution in [0, 0.1) is 0 Å². The van der Waals surface area contributed by atoms with Crippen LogP contribution < -0.4 is 21.3 Å². The van der Waals surface area contributed by atoms with E-state index in [1.54, 1.807) is 0 Å². The summed E-state index contributed by atoms with van der Waals surface area (Å²) in [5.74, 6) is 6.01. The molecule has 1 aromatic heterocycles. The lowest BCUT2D eigenvalue weighted by molar-refractivity contribution is 0.222. The summed E-state index contributed by atoms with van der Waals surface area (Å²) < 4.78 is 5.42. The highest BCUT2D eigenvalue weighted by atomic mass is 16.5. The van der Waals surface area contributed by atoms with E-state index in [9.17, 15) is 0 Å². The largest absolute Gasteiger partial charge is 0.461 e. The van der Waals surface area contributed by atoms with E-state index in [4.69, 9.17) is 10.6 Å². The van der Waals surface area contributed by atoms with Gasteiger partial charge in [-0.15, -0.1) is 0 Å². The fraction of sp³-hybridized carbons (Fsp3) is 0.700. The second-order valence-electron chi connectivity index (χ2n) is 4.31. The summed E-state index contributed by atoms with van der Waals surface area (Å²) >= 11 is 0. The third kappa shape index (κ3) is 5.11. The van der Waals surface area contributed by atoms with Crippen LogP contribution in [-0.4, -0.2) is 53.1 Å². The monoisotopic (exact) mass is 255 g/mol. The maximum absolute atomic E-state index is 5.42. The molecule has 0 amide bonds. The molecule has 102 valence electrons. The van der Waals surface area contributed by atoms with Gasteiger partial charge in [0.2, 0.25) is 11.9 Å². The van der Waals surface area contributed by atoms with Crippen molar-refractivity contribution < 1.29 is 4.74 Å². The van der Waals surface area contributed by atoms with Crippen LogP contribution >= 0.6 is 0 Å². The minimum absolute atomic E-state index is 0.00681. The molecular formula is C10H21N7O. The third-order valence-corrected chi connectivity index (χ3v) is 1.93. The molecular weight excluding hydrogens is 234 g/mol. The molecule has 1 aromatic rings. The van der Waals surface area contributed by atoms with Gasteiger partial charge in [-0.1, -0.05) is 0 Å². The lowest BCUT2D eigenvalue weighted by atomic mass is 10.5. The second-order valence-corrected chi connectivity index (χ2v) is 4.31. The van der Waals surface area contributed by atoms with E-state index in [1.165, 1.54) is 0 Å². The van der Waals surface area contributed by atoms with E-state index in [1.807, 2.05) is 27.9 Å². The van der Waals surface area contributed by atoms with Crippen LogP contribution in [0.5, 0.6) is 6.01 Å². The highest BCUT2D eigenvalue weighted by Gasteiger charge is 2.08. The van der Waals surface area contributed by atoms with Crippen molar-refractivity contribution in [1.29, 1.82) is 0 Å². The van der Waals surface area contributed by atoms with E-state index in [0.29, 0.717) is 5.95 Å². The molecule has 0 atom stereocenters. The van der Waals surface area contributed by atoms with Gasteiger partial charge in [-0.05, 0) is 27.9 Å². The molecule has 0 aliphatic heterocycles. The lowest BCUT2D eigenvalue weighted by Gasteiger charge is -2.12. The van der Waals surface area contributed by atoms with Crippen LogP contribution in [0.25, 0.3) is 0 Å². The molecule has 8 heteroatoms. The van der Waals surface area contributed by atoms with E-state index < -0.39 is 0 Å². The van der Waals surface area contributed by atoms with Gasteiger partial charge in [-0.25, -0.2) is 5.84 Å². The molecule has 1 heterocycles. The Labute approximate surface area is 107 Å². The zero-order valence-corrected chi connectivity index (χ0v) is 11.3. The van der Waals surface area contributed by atoms with Crippen LogP contribution in [0.2, 0.25) is 0 Å². The topological polar surface area (TPSA) is 101 Å². The Hall–Kier alpha value is -1.67. The van der Waals surface area contributed by atoms with Crippen LogP contribution in [0.1, 0.15) is 13.8 Å². The number of ether oxygens (including phenoxy) is 1. The van der Waals surface area contributed by atoms with Crippen molar-refractivity contribution in [2.45, 2.75) is 20.0 Å². The van der Waals surface area contributed by atoms with Crippen molar-refractivity contribution in [1.82, 2.24) is 19.9 Å². The summed E-state index contributed by atoms with van der Waals surface area (Å²) in [6, 6.07) is 0.250. The number of likely N-dealkylation sites (N-methyl/N-ethyl adjacent to an activating group) is 1. The smallest absolute Gasteiger partial charge is 0.323 e. The zero-order chi connectivity index (χ0) is 13.5. The van der Waals surface area contributed by atoms with Gasteiger partial charge in [-0.2, -0.15) is 15.0 Å². The van der Waals surface area contributed by atoms with Crippen molar-refractivity contribution in [2.24, 2.45) is 5.84 Å². The number of rotatable bonds is 7. The Bertz CT molecular complexity index is 369. The summed E-state index contributed by atoms with van der Waals surface area (Å²) in [6.07, 6.45) is -0.00681. The van der Waals surface area contributed by atoms with E-state index >= 15 is 0 Å². The molecule has 0 aliphatic carbocycles. The number of aromatic nitrogens is 3. The number of nitrogens with one attached hydrogen (secondary N) is 2. The summed E-state index contributed by atoms with van der Waals surface area (Å²) in [5, 5.41) is 3.08. The molecule has 4 N–H and O–H groups in total. The first-order valence-electron chi connectivity index (χ1n) is 5.79. The van der Waals surface area contributed by atoms with Crippen molar-refractivity contribution in [3.63, 3.8) is 0 Å². The van der Waals surface area contributed by atoms with Crippen molar-refractivity contribution >= 4 is 11.9 Å². The Kier molecular flexibility index (Phi) is 5.53. The number of hydrogen-bond acceptors (Lipinski definition) is 8. The number of nitrogens with zero attached hydrogens (tertiary/aromatic N) is 4.